The first-order valence-corrected chi connectivity index (χ1v) is 4.43. The summed E-state index contributed by atoms with van der Waals surface area (Å²) in [4.78, 5) is 12.1. The van der Waals surface area contributed by atoms with Gasteiger partial charge in [0, 0.05) is 13.1 Å². The molecule has 0 bridgehead atoms. The van der Waals surface area contributed by atoms with E-state index in [1.165, 1.54) is 4.90 Å². The van der Waals surface area contributed by atoms with Crippen LogP contribution < -0.4 is 0 Å². The Kier molecular flexibility index (Phi) is 2.00. The van der Waals surface area contributed by atoms with Crippen LogP contribution in [0.25, 0.3) is 6.08 Å². The van der Waals surface area contributed by atoms with Crippen molar-refractivity contribution in [3.05, 3.63) is 41.5 Å². The molecule has 1 aromatic carbocycles. The fourth-order valence-corrected chi connectivity index (χ4v) is 1.68. The van der Waals surface area contributed by atoms with Crippen LogP contribution in [0.1, 0.15) is 16.7 Å². The number of benzene rings is 1. The predicted octanol–water partition coefficient (Wildman–Crippen LogP) is 2.32. The molecule has 0 spiro atoms. The van der Waals surface area contributed by atoms with Gasteiger partial charge in [-0.2, -0.15) is 0 Å². The minimum Gasteiger partial charge on any atom is -0.465 e. The van der Waals surface area contributed by atoms with E-state index < -0.39 is 6.09 Å². The number of carbonyl (C=O) groups is 1. The number of carboxylic acid groups (broad SMARTS) is 1. The molecule has 0 aromatic heterocycles. The fourth-order valence-electron chi connectivity index (χ4n) is 1.68. The summed E-state index contributed by atoms with van der Waals surface area (Å²) in [5.74, 6) is 0. The zero-order valence-corrected chi connectivity index (χ0v) is 7.73. The van der Waals surface area contributed by atoms with Crippen LogP contribution in [-0.4, -0.2) is 16.1 Å². The lowest BCUT2D eigenvalue weighted by atomic mass is 10.1. The van der Waals surface area contributed by atoms with Crippen molar-refractivity contribution in [2.24, 2.45) is 0 Å². The predicted molar refractivity (Wildman–Crippen MR) is 53.8 cm³/mol. The Morgan fingerprint density at radius 1 is 1.43 bits per heavy atom. The maximum atomic E-state index is 10.7. The molecule has 0 radical (unpaired) electrons. The van der Waals surface area contributed by atoms with Crippen molar-refractivity contribution in [1.29, 1.82) is 0 Å². The number of nitrogens with zero attached hydrogens (tertiary/aromatic N) is 1. The molecule has 72 valence electrons. The average Bonchev–Trinajstić information content (AvgIpc) is 2.59. The Balaban J connectivity index is 2.31. The maximum Gasteiger partial charge on any atom is 0.407 e. The normalized spacial score (nSPS) is 13.9. The van der Waals surface area contributed by atoms with Gasteiger partial charge in [-0.25, -0.2) is 4.79 Å². The molecule has 0 aliphatic carbocycles. The van der Waals surface area contributed by atoms with Crippen molar-refractivity contribution in [2.45, 2.75) is 13.1 Å². The SMILES string of the molecule is C=Cc1ccc2c(c1)CN(C(=O)O)C2. The van der Waals surface area contributed by atoms with Gasteiger partial charge in [0.25, 0.3) is 0 Å². The molecule has 1 heterocycles. The summed E-state index contributed by atoms with van der Waals surface area (Å²) < 4.78 is 0. The highest BCUT2D eigenvalue weighted by molar-refractivity contribution is 5.66. The van der Waals surface area contributed by atoms with Crippen LogP contribution in [-0.2, 0) is 13.1 Å². The molecule has 3 heteroatoms. The minimum absolute atomic E-state index is 0.492. The first kappa shape index (κ1) is 8.81. The molecule has 2 rings (SSSR count). The lowest BCUT2D eigenvalue weighted by Gasteiger charge is -2.08. The van der Waals surface area contributed by atoms with E-state index in [-0.39, 0.29) is 0 Å². The van der Waals surface area contributed by atoms with Gasteiger partial charge in [0.15, 0.2) is 0 Å². The number of fused-ring (bicyclic) bond motifs is 1. The van der Waals surface area contributed by atoms with Crippen LogP contribution in [0.15, 0.2) is 24.8 Å². The van der Waals surface area contributed by atoms with Crippen LogP contribution in [0.5, 0.6) is 0 Å². The number of hydrogen-bond donors (Lipinski definition) is 1. The van der Waals surface area contributed by atoms with E-state index in [9.17, 15) is 4.79 Å². The molecular weight excluding hydrogens is 178 g/mol. The van der Waals surface area contributed by atoms with Crippen LogP contribution >= 0.6 is 0 Å². The van der Waals surface area contributed by atoms with Gasteiger partial charge in [-0.15, -0.1) is 0 Å². The lowest BCUT2D eigenvalue weighted by Crippen LogP contribution is -2.22. The van der Waals surface area contributed by atoms with Gasteiger partial charge in [0.1, 0.15) is 0 Å². The summed E-state index contributed by atoms with van der Waals surface area (Å²) in [6, 6.07) is 5.91. The van der Waals surface area contributed by atoms with Gasteiger partial charge in [0.2, 0.25) is 0 Å². The molecule has 1 amide bonds. The Hall–Kier alpha value is -1.77. The summed E-state index contributed by atoms with van der Waals surface area (Å²) in [5, 5.41) is 8.82. The van der Waals surface area contributed by atoms with Crippen LogP contribution in [0.3, 0.4) is 0 Å². The maximum absolute atomic E-state index is 10.7. The Morgan fingerprint density at radius 2 is 2.14 bits per heavy atom. The van der Waals surface area contributed by atoms with E-state index >= 15 is 0 Å². The smallest absolute Gasteiger partial charge is 0.407 e. The highest BCUT2D eigenvalue weighted by atomic mass is 16.4. The largest absolute Gasteiger partial charge is 0.465 e. The molecule has 0 saturated heterocycles. The zero-order chi connectivity index (χ0) is 10.1. The fraction of sp³-hybridized carbons (Fsp3) is 0.182. The van der Waals surface area contributed by atoms with Crippen molar-refractivity contribution in [3.8, 4) is 0 Å². The van der Waals surface area contributed by atoms with Crippen molar-refractivity contribution < 1.29 is 9.90 Å². The van der Waals surface area contributed by atoms with Crippen LogP contribution in [0, 0.1) is 0 Å². The number of hydrogen-bond acceptors (Lipinski definition) is 1. The van der Waals surface area contributed by atoms with E-state index in [0.29, 0.717) is 13.1 Å². The molecular formula is C11H11NO2. The molecule has 0 fully saturated rings. The lowest BCUT2D eigenvalue weighted by molar-refractivity contribution is 0.145. The van der Waals surface area contributed by atoms with Crippen molar-refractivity contribution in [1.82, 2.24) is 4.90 Å². The first-order chi connectivity index (χ1) is 6.70. The second-order valence-electron chi connectivity index (χ2n) is 3.37. The van der Waals surface area contributed by atoms with Gasteiger partial charge in [-0.3, -0.25) is 4.90 Å². The average molecular weight is 189 g/mol. The van der Waals surface area contributed by atoms with Crippen LogP contribution in [0.4, 0.5) is 4.79 Å². The summed E-state index contributed by atoms with van der Waals surface area (Å²) in [7, 11) is 0. The molecule has 1 aromatic rings. The third kappa shape index (κ3) is 1.37. The third-order valence-electron chi connectivity index (χ3n) is 2.46. The molecule has 0 atom stereocenters. The van der Waals surface area contributed by atoms with Crippen molar-refractivity contribution in [3.63, 3.8) is 0 Å². The molecule has 1 aliphatic heterocycles. The van der Waals surface area contributed by atoms with Crippen molar-refractivity contribution in [2.75, 3.05) is 0 Å². The summed E-state index contributed by atoms with van der Waals surface area (Å²) in [6.45, 7) is 4.68. The van der Waals surface area contributed by atoms with E-state index in [1.54, 1.807) is 6.08 Å². The molecule has 0 saturated carbocycles. The summed E-state index contributed by atoms with van der Waals surface area (Å²) in [6.07, 6.45) is 0.908. The van der Waals surface area contributed by atoms with Crippen LogP contribution in [0.2, 0.25) is 0 Å². The standard InChI is InChI=1S/C11H11NO2/c1-2-8-3-4-9-6-12(11(13)14)7-10(9)5-8/h2-5H,1,6-7H2,(H,13,14). The van der Waals surface area contributed by atoms with E-state index in [4.69, 9.17) is 5.11 Å². The van der Waals surface area contributed by atoms with Gasteiger partial charge < -0.3 is 5.11 Å². The van der Waals surface area contributed by atoms with E-state index in [1.807, 2.05) is 18.2 Å². The quantitative estimate of drug-likeness (QED) is 0.736. The van der Waals surface area contributed by atoms with E-state index in [0.717, 1.165) is 16.7 Å². The second-order valence-corrected chi connectivity index (χ2v) is 3.37. The highest BCUT2D eigenvalue weighted by Crippen LogP contribution is 2.23. The molecule has 1 aliphatic rings. The molecule has 1 N–H and O–H groups in total. The third-order valence-corrected chi connectivity index (χ3v) is 2.46. The Bertz CT molecular complexity index is 398. The minimum atomic E-state index is -0.860. The van der Waals surface area contributed by atoms with Gasteiger partial charge in [-0.05, 0) is 22.8 Å². The summed E-state index contributed by atoms with van der Waals surface area (Å²) in [5.41, 5.74) is 3.22. The Labute approximate surface area is 82.3 Å². The highest BCUT2D eigenvalue weighted by Gasteiger charge is 2.22. The second kappa shape index (κ2) is 3.18. The monoisotopic (exact) mass is 189 g/mol. The first-order valence-electron chi connectivity index (χ1n) is 4.43. The zero-order valence-electron chi connectivity index (χ0n) is 7.73. The summed E-state index contributed by atoms with van der Waals surface area (Å²) >= 11 is 0. The number of amides is 1. The van der Waals surface area contributed by atoms with Gasteiger partial charge >= 0.3 is 6.09 Å². The van der Waals surface area contributed by atoms with Gasteiger partial charge in [0.05, 0.1) is 0 Å². The number of rotatable bonds is 1. The Morgan fingerprint density at radius 3 is 2.79 bits per heavy atom. The molecule has 3 nitrogen and oxygen atoms in total. The molecule has 0 unspecified atom stereocenters. The van der Waals surface area contributed by atoms with Gasteiger partial charge in [-0.1, -0.05) is 24.8 Å². The van der Waals surface area contributed by atoms with E-state index in [2.05, 4.69) is 6.58 Å². The molecule has 14 heavy (non-hydrogen) atoms. The van der Waals surface area contributed by atoms with Crippen molar-refractivity contribution >= 4 is 12.2 Å². The topological polar surface area (TPSA) is 40.5 Å².